The zero-order chi connectivity index (χ0) is 75.3. The Bertz CT molecular complexity index is 3650. The number of ether oxygens (including phenoxy) is 2. The van der Waals surface area contributed by atoms with Crippen LogP contribution in [0, 0.1) is 47.2 Å². The molecular weight excluding hydrogens is 1450 g/mol. The highest BCUT2D eigenvalue weighted by atomic mass is 79.9. The molecule has 0 spiro atoms. The summed E-state index contributed by atoms with van der Waals surface area (Å²) in [6.45, 7) is 4.30. The van der Waals surface area contributed by atoms with Gasteiger partial charge < -0.3 is 36.5 Å². The van der Waals surface area contributed by atoms with E-state index in [0.29, 0.717) is 105 Å². The molecule has 6 N–H and O–H groups in total. The molecular formula is C90H131BrFN11O7. The van der Waals surface area contributed by atoms with Crippen LogP contribution in [0.4, 0.5) is 4.39 Å². The number of hydrogen-bond donors (Lipinski definition) is 3. The molecule has 14 rings (SSSR count). The van der Waals surface area contributed by atoms with Crippen LogP contribution in [0.1, 0.15) is 264 Å². The number of nitrogens with zero attached hydrogens (tertiary/aromatic N) is 8. The molecule has 3 atom stereocenters. The highest BCUT2D eigenvalue weighted by Crippen LogP contribution is 2.46. The van der Waals surface area contributed by atoms with E-state index in [0.717, 1.165) is 98.1 Å². The van der Waals surface area contributed by atoms with Crippen molar-refractivity contribution in [1.29, 1.82) is 0 Å². The number of carbonyl (C=O) groups is 5. The SMILES string of the molecule is C.C.NC1=NC(CCC2CCCCC2)(CC2CCCCC2)C(=O)N1CC1CCN(C(=O)COc2ccccc2)CC1.NC1=NC(CCC2CCCCC2)(c2cccc(Br)c2)C(=O)N1CC1CCN(C(=O)COc2ccccc2)CC1.NC1=N[C@](CCC2CCCCC2)(CC2CCCCC2)C(=O)N1Cc1ccc(F)cc1. The van der Waals surface area contributed by atoms with Crippen LogP contribution < -0.4 is 26.7 Å². The zero-order valence-corrected chi connectivity index (χ0v) is 66.0. The summed E-state index contributed by atoms with van der Waals surface area (Å²) < 4.78 is 25.5. The molecule has 4 aromatic carbocycles. The molecule has 5 aliphatic carbocycles. The van der Waals surface area contributed by atoms with Crippen LogP contribution >= 0.6 is 15.9 Å². The fourth-order valence-electron chi connectivity index (χ4n) is 19.5. The minimum Gasteiger partial charge on any atom is -0.484 e. The minimum atomic E-state index is -0.962. The van der Waals surface area contributed by atoms with E-state index >= 15 is 0 Å². The van der Waals surface area contributed by atoms with Gasteiger partial charge in [-0.3, -0.25) is 38.7 Å². The molecule has 0 bridgehead atoms. The number of amides is 5. The summed E-state index contributed by atoms with van der Waals surface area (Å²) in [6.07, 6.45) is 42.6. The van der Waals surface area contributed by atoms with E-state index in [4.69, 9.17) is 41.7 Å². The lowest BCUT2D eigenvalue weighted by Gasteiger charge is -2.35. The molecule has 18 nitrogen and oxygen atoms in total. The van der Waals surface area contributed by atoms with Gasteiger partial charge in [-0.1, -0.05) is 252 Å². The van der Waals surface area contributed by atoms with Crippen LogP contribution in [0.5, 0.6) is 11.5 Å². The Labute approximate surface area is 665 Å². The van der Waals surface area contributed by atoms with Gasteiger partial charge in [0.05, 0.1) is 6.54 Å². The molecule has 0 aromatic heterocycles. The maximum absolute atomic E-state index is 14.1. The number of rotatable bonds is 26. The number of piperidine rings is 2. The van der Waals surface area contributed by atoms with E-state index in [1.54, 1.807) is 21.9 Å². The molecule has 5 heterocycles. The Hall–Kier alpha value is -7.35. The van der Waals surface area contributed by atoms with E-state index in [1.165, 1.54) is 173 Å². The molecule has 20 heteroatoms. The van der Waals surface area contributed by atoms with Crippen molar-refractivity contribution in [2.75, 3.05) is 52.5 Å². The molecule has 602 valence electrons. The Morgan fingerprint density at radius 2 is 0.800 bits per heavy atom. The van der Waals surface area contributed by atoms with Gasteiger partial charge in [-0.05, 0) is 178 Å². The first-order chi connectivity index (χ1) is 52.5. The van der Waals surface area contributed by atoms with E-state index < -0.39 is 16.6 Å². The van der Waals surface area contributed by atoms with Crippen molar-refractivity contribution in [3.8, 4) is 11.5 Å². The summed E-state index contributed by atoms with van der Waals surface area (Å²) in [6, 6.07) is 33.1. The smallest absolute Gasteiger partial charge is 0.261 e. The Morgan fingerprint density at radius 1 is 0.427 bits per heavy atom. The number of nitrogens with two attached hydrogens (primary N) is 3. The number of carbonyl (C=O) groups excluding carboxylic acids is 5. The number of guanidine groups is 3. The van der Waals surface area contributed by atoms with E-state index in [1.807, 2.05) is 99.6 Å². The molecule has 4 aromatic rings. The van der Waals surface area contributed by atoms with Crippen molar-refractivity contribution in [3.05, 3.63) is 131 Å². The van der Waals surface area contributed by atoms with Crippen LogP contribution in [-0.4, -0.2) is 135 Å². The molecule has 5 aliphatic heterocycles. The van der Waals surface area contributed by atoms with Crippen molar-refractivity contribution in [2.24, 2.45) is 73.6 Å². The van der Waals surface area contributed by atoms with Crippen molar-refractivity contribution < 1.29 is 37.8 Å². The molecule has 110 heavy (non-hydrogen) atoms. The normalized spacial score (nSPS) is 24.3. The van der Waals surface area contributed by atoms with Crippen LogP contribution in [0.3, 0.4) is 0 Å². The first-order valence-electron chi connectivity index (χ1n) is 42.0. The Kier molecular flexibility index (Phi) is 32.0. The number of halogens is 2. The predicted molar refractivity (Wildman–Crippen MR) is 442 cm³/mol. The van der Waals surface area contributed by atoms with E-state index in [9.17, 15) is 28.4 Å². The van der Waals surface area contributed by atoms with Crippen LogP contribution in [0.2, 0.25) is 0 Å². The van der Waals surface area contributed by atoms with Gasteiger partial charge >= 0.3 is 0 Å². The second kappa shape index (κ2) is 41.4. The van der Waals surface area contributed by atoms with Crippen molar-refractivity contribution in [3.63, 3.8) is 0 Å². The van der Waals surface area contributed by atoms with Gasteiger partial charge in [0.2, 0.25) is 0 Å². The number of para-hydroxylation sites is 2. The topological polar surface area (TPSA) is 235 Å². The average Bonchev–Trinajstić information content (AvgIpc) is 1.61. The van der Waals surface area contributed by atoms with Gasteiger partial charge in [0.1, 0.15) is 28.4 Å². The second-order valence-electron chi connectivity index (χ2n) is 33.6. The lowest BCUT2D eigenvalue weighted by Crippen LogP contribution is -2.49. The molecule has 7 fully saturated rings. The van der Waals surface area contributed by atoms with Crippen molar-refractivity contribution in [1.82, 2.24) is 24.5 Å². The molecule has 5 saturated carbocycles. The number of benzene rings is 4. The standard InChI is InChI=1S/C32H48N4O3.C31H39BrN4O3.C25H36FN3O.2CH4/c33-31-34-32(22-26-12-6-2-7-13-26,19-16-25-10-4-1-5-11-25)30(38)36(31)23-27-17-20-35(21-18-27)29(37)24-39-28-14-8-3-9-15-28;32-26-11-7-10-25(20-26)31(17-14-23-8-3-1-4-9-23)29(38)36(30(33)34-31)21-24-15-18-35(19-16-24)28(37)22-39-27-12-5-2-6-13-27;26-22-13-11-21(12-14-22)18-29-23(30)25(28-24(29)27,17-20-9-5-2-6-10-20)16-15-19-7-3-1-4-8-19;;/h3,8-9,14-15,25-27H,1-2,4-7,10-13,16-24H2,(H2,33,34);2,5-7,10-13,20,23-24H,1,3-4,8-9,14-19,21-22H2,(H2,33,34);11-14,19-20H,1-10,15-18H2,(H2,27,28);2*1H4/t;;25-;;/m..1../s1. The van der Waals surface area contributed by atoms with Gasteiger partial charge in [0, 0.05) is 43.7 Å². The van der Waals surface area contributed by atoms with Gasteiger partial charge in [-0.25, -0.2) is 19.4 Å². The molecule has 10 aliphatic rings. The van der Waals surface area contributed by atoms with Crippen LogP contribution in [0.15, 0.2) is 129 Å². The first kappa shape index (κ1) is 85.1. The first-order valence-corrected chi connectivity index (χ1v) is 42.8. The third-order valence-corrected chi connectivity index (χ3v) is 26.5. The monoisotopic (exact) mass is 1580 g/mol. The molecule has 2 unspecified atom stereocenters. The van der Waals surface area contributed by atoms with Crippen LogP contribution in [-0.2, 0) is 36.1 Å². The second-order valence-corrected chi connectivity index (χ2v) is 34.5. The average molecular weight is 1580 g/mol. The van der Waals surface area contributed by atoms with Gasteiger partial charge in [0.15, 0.2) is 36.6 Å². The van der Waals surface area contributed by atoms with Gasteiger partial charge in [0.25, 0.3) is 29.5 Å². The fraction of sp³-hybridized carbons (Fsp3) is 0.644. The fourth-order valence-corrected chi connectivity index (χ4v) is 19.9. The zero-order valence-electron chi connectivity index (χ0n) is 64.4. The van der Waals surface area contributed by atoms with Gasteiger partial charge in [-0.2, -0.15) is 0 Å². The molecule has 2 saturated heterocycles. The summed E-state index contributed by atoms with van der Waals surface area (Å²) in [4.78, 5) is 91.0. The van der Waals surface area contributed by atoms with E-state index in [-0.39, 0.29) is 69.3 Å². The summed E-state index contributed by atoms with van der Waals surface area (Å²) in [5, 5.41) is 0. The van der Waals surface area contributed by atoms with Crippen molar-refractivity contribution in [2.45, 2.75) is 276 Å². The number of hydrogen-bond acceptors (Lipinski definition) is 13. The number of likely N-dealkylation sites (tertiary alicyclic amines) is 2. The molecule has 5 amide bonds. The predicted octanol–water partition coefficient (Wildman–Crippen LogP) is 17.8. The Balaban J connectivity index is 0.000000176. The third kappa shape index (κ3) is 22.7. The highest BCUT2D eigenvalue weighted by Gasteiger charge is 2.52. The summed E-state index contributed by atoms with van der Waals surface area (Å²) in [7, 11) is 0. The lowest BCUT2D eigenvalue weighted by molar-refractivity contribution is -0.136. The lowest BCUT2D eigenvalue weighted by atomic mass is 9.75. The number of aliphatic imine (C=N–C) groups is 3. The van der Waals surface area contributed by atoms with Gasteiger partial charge in [-0.15, -0.1) is 0 Å². The summed E-state index contributed by atoms with van der Waals surface area (Å²) in [5.74, 6) is 6.26. The van der Waals surface area contributed by atoms with Crippen molar-refractivity contribution >= 4 is 63.3 Å². The quantitative estimate of drug-likeness (QED) is 0.0538. The van der Waals surface area contributed by atoms with Crippen LogP contribution in [0.25, 0.3) is 0 Å². The minimum absolute atomic E-state index is 0. The highest BCUT2D eigenvalue weighted by molar-refractivity contribution is 9.10. The third-order valence-electron chi connectivity index (χ3n) is 26.0. The Morgan fingerprint density at radius 3 is 1.22 bits per heavy atom. The largest absolute Gasteiger partial charge is 0.484 e. The maximum Gasteiger partial charge on any atom is 0.261 e. The maximum atomic E-state index is 14.1. The summed E-state index contributed by atoms with van der Waals surface area (Å²) >= 11 is 3.59. The summed E-state index contributed by atoms with van der Waals surface area (Å²) in [5.41, 5.74) is 18.8. The van der Waals surface area contributed by atoms with E-state index in [2.05, 4.69) is 15.9 Å². The molecule has 0 radical (unpaired) electrons.